The number of nitrogens with zero attached hydrogens (tertiary/aromatic N) is 5. The molecule has 2 aliphatic heterocycles. The smallest absolute Gasteiger partial charge is 0.228 e. The third kappa shape index (κ3) is 3.84. The molecular formula is C15H25N5O2. The Balaban J connectivity index is 1.51. The summed E-state index contributed by atoms with van der Waals surface area (Å²) in [5.41, 5.74) is 0.875. The van der Waals surface area contributed by atoms with Crippen LogP contribution in [0.4, 0.5) is 0 Å². The van der Waals surface area contributed by atoms with Crippen LogP contribution in [-0.2, 0) is 23.0 Å². The van der Waals surface area contributed by atoms with Crippen molar-refractivity contribution in [3.63, 3.8) is 0 Å². The van der Waals surface area contributed by atoms with E-state index in [-0.39, 0.29) is 5.91 Å². The molecule has 7 heteroatoms. The van der Waals surface area contributed by atoms with Gasteiger partial charge in [0, 0.05) is 39.8 Å². The summed E-state index contributed by atoms with van der Waals surface area (Å²) in [6.45, 7) is 6.55. The number of hydrogen-bond donors (Lipinski definition) is 0. The van der Waals surface area contributed by atoms with Gasteiger partial charge in [-0.05, 0) is 18.8 Å². The molecule has 0 unspecified atom stereocenters. The van der Waals surface area contributed by atoms with E-state index in [9.17, 15) is 4.79 Å². The van der Waals surface area contributed by atoms with E-state index in [4.69, 9.17) is 4.74 Å². The molecular weight excluding hydrogens is 282 g/mol. The minimum atomic E-state index is 0.192. The summed E-state index contributed by atoms with van der Waals surface area (Å²) in [7, 11) is 1.83. The van der Waals surface area contributed by atoms with E-state index in [1.165, 1.54) is 6.42 Å². The number of aryl methyl sites for hydroxylation is 1. The summed E-state index contributed by atoms with van der Waals surface area (Å²) in [4.78, 5) is 17.0. The molecule has 0 spiro atoms. The SMILES string of the molecule is Cn1nncc1CC(=O)N1CCC[C@@H](CN2CCOCC2)C1. The molecule has 1 amide bonds. The molecule has 1 atom stereocenters. The van der Waals surface area contributed by atoms with Crippen LogP contribution < -0.4 is 0 Å². The molecule has 2 fully saturated rings. The molecule has 0 aliphatic carbocycles. The number of ether oxygens (including phenoxy) is 1. The Labute approximate surface area is 131 Å². The lowest BCUT2D eigenvalue weighted by Crippen LogP contribution is -2.46. The summed E-state index contributed by atoms with van der Waals surface area (Å²) in [6, 6.07) is 0. The molecule has 0 aromatic carbocycles. The first-order valence-electron chi connectivity index (χ1n) is 8.14. The normalized spacial score (nSPS) is 23.7. The first-order chi connectivity index (χ1) is 10.7. The van der Waals surface area contributed by atoms with Crippen molar-refractivity contribution in [1.29, 1.82) is 0 Å². The van der Waals surface area contributed by atoms with Gasteiger partial charge in [-0.2, -0.15) is 0 Å². The number of likely N-dealkylation sites (tertiary alicyclic amines) is 1. The number of carbonyl (C=O) groups excluding carboxylic acids is 1. The molecule has 3 rings (SSSR count). The zero-order valence-electron chi connectivity index (χ0n) is 13.3. The lowest BCUT2D eigenvalue weighted by Gasteiger charge is -2.36. The number of amides is 1. The number of rotatable bonds is 4. The second-order valence-corrected chi connectivity index (χ2v) is 6.29. The molecule has 0 bridgehead atoms. The van der Waals surface area contributed by atoms with Gasteiger partial charge in [-0.1, -0.05) is 5.21 Å². The summed E-state index contributed by atoms with van der Waals surface area (Å²) >= 11 is 0. The van der Waals surface area contributed by atoms with Crippen LogP contribution in [0.1, 0.15) is 18.5 Å². The summed E-state index contributed by atoms with van der Waals surface area (Å²) in [5, 5.41) is 7.72. The fraction of sp³-hybridized carbons (Fsp3) is 0.800. The molecule has 22 heavy (non-hydrogen) atoms. The average molecular weight is 307 g/mol. The van der Waals surface area contributed by atoms with E-state index in [1.54, 1.807) is 10.9 Å². The van der Waals surface area contributed by atoms with E-state index in [0.717, 1.165) is 58.1 Å². The topological polar surface area (TPSA) is 63.5 Å². The van der Waals surface area contributed by atoms with E-state index in [1.807, 2.05) is 11.9 Å². The van der Waals surface area contributed by atoms with Crippen LogP contribution in [0.3, 0.4) is 0 Å². The van der Waals surface area contributed by atoms with Crippen molar-refractivity contribution < 1.29 is 9.53 Å². The predicted molar refractivity (Wildman–Crippen MR) is 81.3 cm³/mol. The van der Waals surface area contributed by atoms with Crippen LogP contribution in [-0.4, -0.2) is 76.6 Å². The summed E-state index contributed by atoms with van der Waals surface area (Å²) < 4.78 is 7.07. The number of morpholine rings is 1. The first kappa shape index (κ1) is 15.4. The maximum absolute atomic E-state index is 12.5. The Bertz CT molecular complexity index is 498. The van der Waals surface area contributed by atoms with Gasteiger partial charge in [0.15, 0.2) is 0 Å². The van der Waals surface area contributed by atoms with Gasteiger partial charge in [-0.3, -0.25) is 14.4 Å². The minimum Gasteiger partial charge on any atom is -0.379 e. The third-order valence-corrected chi connectivity index (χ3v) is 4.63. The Kier molecular flexibility index (Phi) is 5.04. The predicted octanol–water partition coefficient (Wildman–Crippen LogP) is -0.0716. The fourth-order valence-corrected chi connectivity index (χ4v) is 3.33. The molecule has 0 saturated carbocycles. The molecule has 0 N–H and O–H groups in total. The van der Waals surface area contributed by atoms with Crippen molar-refractivity contribution in [3.8, 4) is 0 Å². The van der Waals surface area contributed by atoms with Crippen LogP contribution in [0.25, 0.3) is 0 Å². The van der Waals surface area contributed by atoms with Crippen molar-refractivity contribution >= 4 is 5.91 Å². The molecule has 2 saturated heterocycles. The second kappa shape index (κ2) is 7.19. The van der Waals surface area contributed by atoms with Gasteiger partial charge in [-0.25, -0.2) is 0 Å². The second-order valence-electron chi connectivity index (χ2n) is 6.29. The van der Waals surface area contributed by atoms with Crippen molar-refractivity contribution in [3.05, 3.63) is 11.9 Å². The Morgan fingerprint density at radius 1 is 1.36 bits per heavy atom. The van der Waals surface area contributed by atoms with Gasteiger partial charge in [-0.15, -0.1) is 5.10 Å². The molecule has 1 aromatic rings. The van der Waals surface area contributed by atoms with Crippen molar-refractivity contribution in [2.45, 2.75) is 19.3 Å². The van der Waals surface area contributed by atoms with Crippen LogP contribution in [0.2, 0.25) is 0 Å². The number of piperidine rings is 1. The lowest BCUT2D eigenvalue weighted by atomic mass is 9.97. The average Bonchev–Trinajstić information content (AvgIpc) is 2.94. The maximum Gasteiger partial charge on any atom is 0.228 e. The van der Waals surface area contributed by atoms with Crippen molar-refractivity contribution in [2.75, 3.05) is 45.9 Å². The third-order valence-electron chi connectivity index (χ3n) is 4.63. The number of aromatic nitrogens is 3. The number of hydrogen-bond acceptors (Lipinski definition) is 5. The van der Waals surface area contributed by atoms with Gasteiger partial charge >= 0.3 is 0 Å². The highest BCUT2D eigenvalue weighted by Gasteiger charge is 2.26. The van der Waals surface area contributed by atoms with Gasteiger partial charge in [0.2, 0.25) is 5.91 Å². The van der Waals surface area contributed by atoms with Crippen molar-refractivity contribution in [1.82, 2.24) is 24.8 Å². The Hall–Kier alpha value is -1.47. The minimum absolute atomic E-state index is 0.192. The van der Waals surface area contributed by atoms with Gasteiger partial charge in [0.05, 0.1) is 31.5 Å². The highest BCUT2D eigenvalue weighted by atomic mass is 16.5. The van der Waals surface area contributed by atoms with Crippen LogP contribution in [0.5, 0.6) is 0 Å². The molecule has 122 valence electrons. The Morgan fingerprint density at radius 3 is 2.91 bits per heavy atom. The molecule has 1 aromatic heterocycles. The lowest BCUT2D eigenvalue weighted by molar-refractivity contribution is -0.132. The quantitative estimate of drug-likeness (QED) is 0.779. The van der Waals surface area contributed by atoms with E-state index >= 15 is 0 Å². The van der Waals surface area contributed by atoms with E-state index < -0.39 is 0 Å². The highest BCUT2D eigenvalue weighted by Crippen LogP contribution is 2.19. The monoisotopic (exact) mass is 307 g/mol. The summed E-state index contributed by atoms with van der Waals surface area (Å²) in [6.07, 6.45) is 4.39. The van der Waals surface area contributed by atoms with E-state index in [0.29, 0.717) is 12.3 Å². The molecule has 2 aliphatic rings. The first-order valence-corrected chi connectivity index (χ1v) is 8.14. The fourth-order valence-electron chi connectivity index (χ4n) is 3.33. The zero-order chi connectivity index (χ0) is 15.4. The molecule has 0 radical (unpaired) electrons. The summed E-state index contributed by atoms with van der Waals surface area (Å²) in [5.74, 6) is 0.775. The molecule has 7 nitrogen and oxygen atoms in total. The number of carbonyl (C=O) groups is 1. The maximum atomic E-state index is 12.5. The van der Waals surface area contributed by atoms with Crippen LogP contribution in [0, 0.1) is 5.92 Å². The van der Waals surface area contributed by atoms with E-state index in [2.05, 4.69) is 15.2 Å². The Morgan fingerprint density at radius 2 is 2.18 bits per heavy atom. The van der Waals surface area contributed by atoms with Gasteiger partial charge in [0.1, 0.15) is 0 Å². The van der Waals surface area contributed by atoms with Crippen molar-refractivity contribution in [2.24, 2.45) is 13.0 Å². The van der Waals surface area contributed by atoms with Gasteiger partial charge in [0.25, 0.3) is 0 Å². The van der Waals surface area contributed by atoms with Gasteiger partial charge < -0.3 is 9.64 Å². The standard InChI is InChI=1S/C15H25N5O2/c1-18-14(10-16-17-18)9-15(21)20-4-2-3-13(12-20)11-19-5-7-22-8-6-19/h10,13H,2-9,11-12H2,1H3/t13-/m0/s1. The van der Waals surface area contributed by atoms with Crippen LogP contribution >= 0.6 is 0 Å². The zero-order valence-corrected chi connectivity index (χ0v) is 13.3. The largest absolute Gasteiger partial charge is 0.379 e. The van der Waals surface area contributed by atoms with Crippen LogP contribution in [0.15, 0.2) is 6.20 Å². The highest BCUT2D eigenvalue weighted by molar-refractivity contribution is 5.78. The molecule has 3 heterocycles.